The van der Waals surface area contributed by atoms with Gasteiger partial charge in [-0.05, 0) is 25.0 Å². The van der Waals surface area contributed by atoms with Crippen LogP contribution in [0.5, 0.6) is 0 Å². The van der Waals surface area contributed by atoms with E-state index in [9.17, 15) is 18.5 Å². The van der Waals surface area contributed by atoms with Crippen molar-refractivity contribution in [3.63, 3.8) is 0 Å². The highest BCUT2D eigenvalue weighted by Crippen LogP contribution is 2.38. The number of nitrogens with zero attached hydrogens (tertiary/aromatic N) is 2. The summed E-state index contributed by atoms with van der Waals surface area (Å²) >= 11 is 11.6. The van der Waals surface area contributed by atoms with Crippen LogP contribution in [0, 0.1) is 10.1 Å². The van der Waals surface area contributed by atoms with Gasteiger partial charge in [0.25, 0.3) is 0 Å². The van der Waals surface area contributed by atoms with Crippen LogP contribution in [0.25, 0.3) is 0 Å². The third-order valence-electron chi connectivity index (χ3n) is 3.15. The first-order chi connectivity index (χ1) is 9.35. The predicted molar refractivity (Wildman–Crippen MR) is 75.7 cm³/mol. The minimum absolute atomic E-state index is 0.183. The maximum absolute atomic E-state index is 12.5. The van der Waals surface area contributed by atoms with Gasteiger partial charge in [0.05, 0.1) is 4.92 Å². The molecule has 0 bridgehead atoms. The van der Waals surface area contributed by atoms with Gasteiger partial charge < -0.3 is 0 Å². The van der Waals surface area contributed by atoms with Crippen molar-refractivity contribution in [1.29, 1.82) is 0 Å². The van der Waals surface area contributed by atoms with Crippen molar-refractivity contribution < 1.29 is 13.3 Å². The Kier molecular flexibility index (Phi) is 4.53. The van der Waals surface area contributed by atoms with E-state index in [1.165, 1.54) is 16.4 Å². The Hall–Kier alpha value is -0.890. The zero-order chi connectivity index (χ0) is 14.9. The molecule has 0 spiro atoms. The standard InChI is InChI=1S/C11H12Cl2N2O4S/c12-8-4-5-9(10(13)11(8)15(16)17)20(18,19)14-6-2-1-3-7-14/h4-5H,1-3,6-7H2. The monoisotopic (exact) mass is 338 g/mol. The molecular weight excluding hydrogens is 327 g/mol. The molecule has 0 aliphatic carbocycles. The lowest BCUT2D eigenvalue weighted by atomic mass is 10.2. The molecule has 6 nitrogen and oxygen atoms in total. The van der Waals surface area contributed by atoms with Crippen LogP contribution in [0.1, 0.15) is 19.3 Å². The summed E-state index contributed by atoms with van der Waals surface area (Å²) in [5.74, 6) is 0. The van der Waals surface area contributed by atoms with Gasteiger partial charge >= 0.3 is 5.69 Å². The molecule has 0 radical (unpaired) electrons. The molecule has 2 rings (SSSR count). The summed E-state index contributed by atoms with van der Waals surface area (Å²) < 4.78 is 26.2. The Morgan fingerprint density at radius 1 is 1.15 bits per heavy atom. The summed E-state index contributed by atoms with van der Waals surface area (Å²) in [6.45, 7) is 0.796. The number of benzene rings is 1. The fourth-order valence-electron chi connectivity index (χ4n) is 2.13. The summed E-state index contributed by atoms with van der Waals surface area (Å²) in [6, 6.07) is 2.39. The SMILES string of the molecule is O=[N+]([O-])c1c(Cl)ccc(S(=O)(=O)N2CCCCC2)c1Cl. The van der Waals surface area contributed by atoms with Crippen LogP contribution in [-0.2, 0) is 10.0 Å². The van der Waals surface area contributed by atoms with Crippen LogP contribution in [0.4, 0.5) is 5.69 Å². The average molecular weight is 339 g/mol. The van der Waals surface area contributed by atoms with Crippen LogP contribution in [0.3, 0.4) is 0 Å². The topological polar surface area (TPSA) is 80.5 Å². The fraction of sp³-hybridized carbons (Fsp3) is 0.455. The molecule has 0 atom stereocenters. The van der Waals surface area contributed by atoms with Crippen molar-refractivity contribution in [2.45, 2.75) is 24.2 Å². The maximum atomic E-state index is 12.5. The second-order valence-electron chi connectivity index (χ2n) is 4.43. The van der Waals surface area contributed by atoms with Crippen molar-refractivity contribution in [3.05, 3.63) is 32.3 Å². The van der Waals surface area contributed by atoms with E-state index in [1.54, 1.807) is 0 Å². The van der Waals surface area contributed by atoms with E-state index in [1.807, 2.05) is 0 Å². The zero-order valence-electron chi connectivity index (χ0n) is 10.4. The Balaban J connectivity index is 2.52. The van der Waals surface area contributed by atoms with Gasteiger partial charge in [0, 0.05) is 13.1 Å². The number of piperidine rings is 1. The highest BCUT2D eigenvalue weighted by molar-refractivity contribution is 7.89. The number of halogens is 2. The van der Waals surface area contributed by atoms with Crippen LogP contribution in [0.2, 0.25) is 10.0 Å². The van der Waals surface area contributed by atoms with Gasteiger partial charge in [-0.1, -0.05) is 29.6 Å². The molecule has 1 aromatic carbocycles. The van der Waals surface area contributed by atoms with Gasteiger partial charge in [-0.2, -0.15) is 4.31 Å². The van der Waals surface area contributed by atoms with Crippen LogP contribution < -0.4 is 0 Å². The summed E-state index contributed by atoms with van der Waals surface area (Å²) in [5, 5.41) is 10.3. The van der Waals surface area contributed by atoms with Crippen molar-refractivity contribution in [1.82, 2.24) is 4.31 Å². The van der Waals surface area contributed by atoms with Gasteiger partial charge in [-0.3, -0.25) is 10.1 Å². The minimum atomic E-state index is -3.83. The van der Waals surface area contributed by atoms with E-state index in [4.69, 9.17) is 23.2 Å². The molecule has 9 heteroatoms. The molecule has 0 N–H and O–H groups in total. The van der Waals surface area contributed by atoms with E-state index in [0.717, 1.165) is 19.3 Å². The Bertz CT molecular complexity index is 642. The van der Waals surface area contributed by atoms with Crippen LogP contribution in [-0.4, -0.2) is 30.7 Å². The van der Waals surface area contributed by atoms with Crippen molar-refractivity contribution in [2.75, 3.05) is 13.1 Å². The first kappa shape index (κ1) is 15.5. The molecule has 1 saturated heterocycles. The summed E-state index contributed by atoms with van der Waals surface area (Å²) in [7, 11) is -3.83. The van der Waals surface area contributed by atoms with E-state index >= 15 is 0 Å². The summed E-state index contributed by atoms with van der Waals surface area (Å²) in [4.78, 5) is 9.88. The summed E-state index contributed by atoms with van der Waals surface area (Å²) in [5.41, 5.74) is -0.577. The quantitative estimate of drug-likeness (QED) is 0.626. The summed E-state index contributed by atoms with van der Waals surface area (Å²) in [6.07, 6.45) is 2.51. The Morgan fingerprint density at radius 3 is 2.30 bits per heavy atom. The molecule has 0 amide bonds. The van der Waals surface area contributed by atoms with E-state index in [-0.39, 0.29) is 9.92 Å². The Morgan fingerprint density at radius 2 is 1.75 bits per heavy atom. The molecule has 1 aliphatic heterocycles. The Labute approximate surface area is 126 Å². The molecule has 1 fully saturated rings. The second-order valence-corrected chi connectivity index (χ2v) is 7.12. The van der Waals surface area contributed by atoms with Gasteiger partial charge in [0.2, 0.25) is 10.0 Å². The minimum Gasteiger partial charge on any atom is -0.258 e. The van der Waals surface area contributed by atoms with Gasteiger partial charge in [0.15, 0.2) is 0 Å². The third-order valence-corrected chi connectivity index (χ3v) is 5.89. The lowest BCUT2D eigenvalue weighted by Crippen LogP contribution is -2.35. The number of nitro groups is 1. The molecule has 0 saturated carbocycles. The third kappa shape index (κ3) is 2.76. The number of nitro benzene ring substituents is 1. The molecule has 1 heterocycles. The van der Waals surface area contributed by atoms with Crippen LogP contribution in [0.15, 0.2) is 17.0 Å². The molecule has 1 aromatic rings. The average Bonchev–Trinajstić information content (AvgIpc) is 2.39. The van der Waals surface area contributed by atoms with Crippen LogP contribution >= 0.6 is 23.2 Å². The highest BCUT2D eigenvalue weighted by atomic mass is 35.5. The van der Waals surface area contributed by atoms with Crippen molar-refractivity contribution in [3.8, 4) is 0 Å². The maximum Gasteiger partial charge on any atom is 0.307 e. The first-order valence-corrected chi connectivity index (χ1v) is 8.18. The normalized spacial score (nSPS) is 17.1. The van der Waals surface area contributed by atoms with Gasteiger partial charge in [0.1, 0.15) is 14.9 Å². The number of hydrogen-bond donors (Lipinski definition) is 0. The van der Waals surface area contributed by atoms with E-state index < -0.39 is 25.7 Å². The molecule has 1 aliphatic rings. The van der Waals surface area contributed by atoms with Gasteiger partial charge in [-0.15, -0.1) is 0 Å². The lowest BCUT2D eigenvalue weighted by molar-refractivity contribution is -0.384. The fourth-order valence-corrected chi connectivity index (χ4v) is 4.51. The first-order valence-electron chi connectivity index (χ1n) is 5.98. The van der Waals surface area contributed by atoms with E-state index in [0.29, 0.717) is 13.1 Å². The number of hydrogen-bond acceptors (Lipinski definition) is 4. The highest BCUT2D eigenvalue weighted by Gasteiger charge is 2.32. The largest absolute Gasteiger partial charge is 0.307 e. The smallest absolute Gasteiger partial charge is 0.258 e. The number of sulfonamides is 1. The van der Waals surface area contributed by atoms with Crippen molar-refractivity contribution in [2.24, 2.45) is 0 Å². The molecule has 20 heavy (non-hydrogen) atoms. The number of rotatable bonds is 3. The molecular formula is C11H12Cl2N2O4S. The van der Waals surface area contributed by atoms with Crippen molar-refractivity contribution >= 4 is 38.9 Å². The lowest BCUT2D eigenvalue weighted by Gasteiger charge is -2.26. The van der Waals surface area contributed by atoms with E-state index in [2.05, 4.69) is 0 Å². The molecule has 0 aromatic heterocycles. The predicted octanol–water partition coefficient (Wildman–Crippen LogP) is 3.08. The van der Waals surface area contributed by atoms with Gasteiger partial charge in [-0.25, -0.2) is 8.42 Å². The zero-order valence-corrected chi connectivity index (χ0v) is 12.7. The second kappa shape index (κ2) is 5.85. The molecule has 110 valence electrons. The molecule has 0 unspecified atom stereocenters.